The van der Waals surface area contributed by atoms with Crippen LogP contribution in [0.1, 0.15) is 26.6 Å². The normalized spacial score (nSPS) is 12.9. The molecular formula is C17H21N5OS. The molecule has 0 saturated heterocycles. The first-order valence-corrected chi connectivity index (χ1v) is 8.98. The van der Waals surface area contributed by atoms with Crippen molar-refractivity contribution in [1.82, 2.24) is 24.9 Å². The van der Waals surface area contributed by atoms with Gasteiger partial charge in [-0.3, -0.25) is 4.79 Å². The number of benzene rings is 1. The molecule has 1 aromatic carbocycles. The van der Waals surface area contributed by atoms with Gasteiger partial charge in [-0.15, -0.1) is 5.10 Å². The number of rotatable bonds is 5. The highest BCUT2D eigenvalue weighted by Gasteiger charge is 2.15. The summed E-state index contributed by atoms with van der Waals surface area (Å²) in [5.74, 6) is 1.40. The van der Waals surface area contributed by atoms with Crippen LogP contribution in [-0.2, 0) is 4.79 Å². The molecule has 2 aromatic heterocycles. The monoisotopic (exact) mass is 343 g/mol. The summed E-state index contributed by atoms with van der Waals surface area (Å²) in [5, 5.41) is 9.06. The molecule has 0 bridgehead atoms. The predicted octanol–water partition coefficient (Wildman–Crippen LogP) is 2.84. The van der Waals surface area contributed by atoms with Gasteiger partial charge >= 0.3 is 0 Å². The second-order valence-corrected chi connectivity index (χ2v) is 7.14. The number of hydrogen-bond donors (Lipinski definition) is 1. The molecule has 0 aliphatic carbocycles. The number of nitrogens with zero attached hydrogens (tertiary/aromatic N) is 4. The SMILES string of the molecule is Cc1nc2c3ccccc3nc(SCC(=O)N[C@H](C)C(C)C)n2n1. The maximum Gasteiger partial charge on any atom is 0.230 e. The van der Waals surface area contributed by atoms with Crippen LogP contribution in [0.3, 0.4) is 0 Å². The summed E-state index contributed by atoms with van der Waals surface area (Å²) in [4.78, 5) is 21.3. The van der Waals surface area contributed by atoms with Crippen molar-refractivity contribution < 1.29 is 4.79 Å². The fourth-order valence-electron chi connectivity index (χ4n) is 2.32. The summed E-state index contributed by atoms with van der Waals surface area (Å²) >= 11 is 1.38. The van der Waals surface area contributed by atoms with E-state index >= 15 is 0 Å². The Morgan fingerprint density at radius 3 is 2.75 bits per heavy atom. The van der Waals surface area contributed by atoms with Crippen molar-refractivity contribution >= 4 is 34.2 Å². The minimum atomic E-state index is 0.00106. The summed E-state index contributed by atoms with van der Waals surface area (Å²) in [6.07, 6.45) is 0. The van der Waals surface area contributed by atoms with Crippen LogP contribution in [0.25, 0.3) is 16.6 Å². The number of hydrogen-bond acceptors (Lipinski definition) is 5. The molecule has 2 heterocycles. The maximum absolute atomic E-state index is 12.1. The lowest BCUT2D eigenvalue weighted by atomic mass is 10.1. The molecule has 24 heavy (non-hydrogen) atoms. The highest BCUT2D eigenvalue weighted by atomic mass is 32.2. The summed E-state index contributed by atoms with van der Waals surface area (Å²) in [6, 6.07) is 7.99. The molecule has 0 radical (unpaired) electrons. The Morgan fingerprint density at radius 2 is 2.00 bits per heavy atom. The Balaban J connectivity index is 1.87. The van der Waals surface area contributed by atoms with E-state index in [1.807, 2.05) is 38.1 Å². The number of nitrogens with one attached hydrogen (secondary N) is 1. The van der Waals surface area contributed by atoms with Crippen LogP contribution in [0.15, 0.2) is 29.4 Å². The zero-order valence-electron chi connectivity index (χ0n) is 14.3. The highest BCUT2D eigenvalue weighted by Crippen LogP contribution is 2.23. The van der Waals surface area contributed by atoms with E-state index in [2.05, 4.69) is 34.2 Å². The van der Waals surface area contributed by atoms with Gasteiger partial charge in [0.2, 0.25) is 5.91 Å². The van der Waals surface area contributed by atoms with Crippen molar-refractivity contribution in [1.29, 1.82) is 0 Å². The van der Waals surface area contributed by atoms with E-state index in [-0.39, 0.29) is 11.9 Å². The molecule has 0 spiro atoms. The van der Waals surface area contributed by atoms with Gasteiger partial charge in [-0.1, -0.05) is 37.7 Å². The van der Waals surface area contributed by atoms with Crippen molar-refractivity contribution in [3.63, 3.8) is 0 Å². The smallest absolute Gasteiger partial charge is 0.230 e. The van der Waals surface area contributed by atoms with Crippen LogP contribution in [0.2, 0.25) is 0 Å². The first-order chi connectivity index (χ1) is 11.5. The van der Waals surface area contributed by atoms with E-state index in [1.54, 1.807) is 4.52 Å². The molecule has 1 atom stereocenters. The van der Waals surface area contributed by atoms with Gasteiger partial charge in [-0.2, -0.15) is 4.52 Å². The third-order valence-corrected chi connectivity index (χ3v) is 4.91. The van der Waals surface area contributed by atoms with Gasteiger partial charge in [0.05, 0.1) is 11.3 Å². The second kappa shape index (κ2) is 6.76. The van der Waals surface area contributed by atoms with E-state index in [0.29, 0.717) is 22.7 Å². The van der Waals surface area contributed by atoms with Gasteiger partial charge in [-0.05, 0) is 31.9 Å². The second-order valence-electron chi connectivity index (χ2n) is 6.19. The summed E-state index contributed by atoms with van der Waals surface area (Å²) in [6.45, 7) is 8.04. The molecular weight excluding hydrogens is 322 g/mol. The molecule has 0 saturated carbocycles. The van der Waals surface area contributed by atoms with Gasteiger partial charge < -0.3 is 5.32 Å². The largest absolute Gasteiger partial charge is 0.353 e. The van der Waals surface area contributed by atoms with Gasteiger partial charge in [0.1, 0.15) is 5.82 Å². The van der Waals surface area contributed by atoms with Crippen LogP contribution in [0, 0.1) is 12.8 Å². The van der Waals surface area contributed by atoms with Crippen molar-refractivity contribution in [3.05, 3.63) is 30.1 Å². The molecule has 3 aromatic rings. The van der Waals surface area contributed by atoms with E-state index in [4.69, 9.17) is 0 Å². The third-order valence-electron chi connectivity index (χ3n) is 3.98. The molecule has 0 aliphatic heterocycles. The van der Waals surface area contributed by atoms with E-state index in [1.165, 1.54) is 11.8 Å². The van der Waals surface area contributed by atoms with Crippen molar-refractivity contribution in [2.45, 2.75) is 38.9 Å². The highest BCUT2D eigenvalue weighted by molar-refractivity contribution is 7.99. The van der Waals surface area contributed by atoms with Crippen LogP contribution < -0.4 is 5.32 Å². The first kappa shape index (κ1) is 16.7. The number of para-hydroxylation sites is 1. The predicted molar refractivity (Wildman–Crippen MR) is 96.2 cm³/mol. The fraction of sp³-hybridized carbons (Fsp3) is 0.412. The van der Waals surface area contributed by atoms with E-state index in [0.717, 1.165) is 16.6 Å². The van der Waals surface area contributed by atoms with Gasteiger partial charge in [-0.25, -0.2) is 9.97 Å². The molecule has 3 rings (SSSR count). The summed E-state index contributed by atoms with van der Waals surface area (Å²) < 4.78 is 1.72. The first-order valence-electron chi connectivity index (χ1n) is 8.00. The van der Waals surface area contributed by atoms with Crippen LogP contribution in [0.4, 0.5) is 0 Å². The number of aromatic nitrogens is 4. The Bertz CT molecular complexity index is 889. The van der Waals surface area contributed by atoms with Crippen LogP contribution in [-0.4, -0.2) is 37.3 Å². The number of fused-ring (bicyclic) bond motifs is 3. The zero-order valence-corrected chi connectivity index (χ0v) is 15.1. The maximum atomic E-state index is 12.1. The minimum Gasteiger partial charge on any atom is -0.353 e. The molecule has 1 amide bonds. The number of carbonyl (C=O) groups is 1. The third kappa shape index (κ3) is 3.36. The van der Waals surface area contributed by atoms with Crippen molar-refractivity contribution in [3.8, 4) is 0 Å². The Kier molecular flexibility index (Phi) is 4.71. The minimum absolute atomic E-state index is 0.00106. The quantitative estimate of drug-likeness (QED) is 0.570. The Labute approximate surface area is 145 Å². The average Bonchev–Trinajstić information content (AvgIpc) is 2.94. The molecule has 0 unspecified atom stereocenters. The molecule has 7 heteroatoms. The zero-order chi connectivity index (χ0) is 17.3. The van der Waals surface area contributed by atoms with Crippen LogP contribution >= 0.6 is 11.8 Å². The topological polar surface area (TPSA) is 72.2 Å². The molecule has 0 fully saturated rings. The van der Waals surface area contributed by atoms with E-state index in [9.17, 15) is 4.79 Å². The molecule has 6 nitrogen and oxygen atoms in total. The van der Waals surface area contributed by atoms with Crippen molar-refractivity contribution in [2.24, 2.45) is 5.92 Å². The van der Waals surface area contributed by atoms with Crippen LogP contribution in [0.5, 0.6) is 0 Å². The Hall–Kier alpha value is -2.15. The standard InChI is InChI=1S/C17H21N5OS/c1-10(2)11(3)18-15(23)9-24-17-20-14-8-6-5-7-13(14)16-19-12(4)21-22(16)17/h5-8,10-11H,9H2,1-4H3,(H,18,23)/t11-/m1/s1. The van der Waals surface area contributed by atoms with E-state index < -0.39 is 0 Å². The fourth-order valence-corrected chi connectivity index (χ4v) is 3.08. The number of aryl methyl sites for hydroxylation is 1. The number of thioether (sulfide) groups is 1. The van der Waals surface area contributed by atoms with Gasteiger partial charge in [0.25, 0.3) is 0 Å². The molecule has 126 valence electrons. The van der Waals surface area contributed by atoms with Gasteiger partial charge in [0, 0.05) is 11.4 Å². The van der Waals surface area contributed by atoms with Crippen molar-refractivity contribution in [2.75, 3.05) is 5.75 Å². The average molecular weight is 343 g/mol. The number of carbonyl (C=O) groups excluding carboxylic acids is 1. The molecule has 0 aliphatic rings. The molecule has 1 N–H and O–H groups in total. The Morgan fingerprint density at radius 1 is 1.25 bits per heavy atom. The lowest BCUT2D eigenvalue weighted by Crippen LogP contribution is -2.37. The number of amides is 1. The summed E-state index contributed by atoms with van der Waals surface area (Å²) in [7, 11) is 0. The summed E-state index contributed by atoms with van der Waals surface area (Å²) in [5.41, 5.74) is 1.63. The lowest BCUT2D eigenvalue weighted by molar-refractivity contribution is -0.119. The lowest BCUT2D eigenvalue weighted by Gasteiger charge is -2.17. The van der Waals surface area contributed by atoms with Gasteiger partial charge in [0.15, 0.2) is 10.8 Å².